The Kier molecular flexibility index (Phi) is 5.06. The topological polar surface area (TPSA) is 21.3 Å². The Morgan fingerprint density at radius 1 is 1.17 bits per heavy atom. The molecule has 0 aliphatic heterocycles. The first-order valence-corrected chi connectivity index (χ1v) is 7.31. The van der Waals surface area contributed by atoms with E-state index in [-0.39, 0.29) is 0 Å². The van der Waals surface area contributed by atoms with E-state index in [2.05, 4.69) is 37.4 Å². The van der Waals surface area contributed by atoms with Gasteiger partial charge in [0.05, 0.1) is 0 Å². The quantitative estimate of drug-likeness (QED) is 0.746. The van der Waals surface area contributed by atoms with Crippen LogP contribution >= 0.6 is 0 Å². The van der Waals surface area contributed by atoms with E-state index in [0.717, 1.165) is 18.9 Å². The molecule has 0 fully saturated rings. The lowest BCUT2D eigenvalue weighted by Crippen LogP contribution is -2.31. The minimum Gasteiger partial charge on any atom is -0.492 e. The van der Waals surface area contributed by atoms with Gasteiger partial charge in [-0.3, -0.25) is 0 Å². The molecule has 100 valence electrons. The Bertz CT molecular complexity index is 371. The fraction of sp³-hybridized carbons (Fsp3) is 0.625. The molecule has 2 nitrogen and oxygen atoms in total. The van der Waals surface area contributed by atoms with Gasteiger partial charge in [0.1, 0.15) is 12.4 Å². The van der Waals surface area contributed by atoms with Crippen LogP contribution in [0.25, 0.3) is 0 Å². The molecule has 2 rings (SSSR count). The lowest BCUT2D eigenvalue weighted by molar-refractivity contribution is 0.302. The summed E-state index contributed by atoms with van der Waals surface area (Å²) in [6.07, 6.45) is 6.14. The fourth-order valence-electron chi connectivity index (χ4n) is 2.65. The average molecular weight is 247 g/mol. The summed E-state index contributed by atoms with van der Waals surface area (Å²) in [5, 5.41) is 3.52. The summed E-state index contributed by atoms with van der Waals surface area (Å²) in [5.74, 6) is 1.03. The van der Waals surface area contributed by atoms with Crippen LogP contribution < -0.4 is 10.1 Å². The van der Waals surface area contributed by atoms with Crippen LogP contribution in [0, 0.1) is 0 Å². The molecule has 1 N–H and O–H groups in total. The number of benzene rings is 1. The predicted octanol–water partition coefficient (Wildman–Crippen LogP) is 3.33. The Hall–Kier alpha value is -1.02. The van der Waals surface area contributed by atoms with Crippen molar-refractivity contribution in [2.24, 2.45) is 0 Å². The molecule has 1 aromatic rings. The standard InChI is InChI=1S/C16H25NO/c1-3-15(4-2)17-10-11-18-16-9-8-13-6-5-7-14(13)12-16/h8-9,12,15,17H,3-7,10-11H2,1-2H3. The minimum atomic E-state index is 0.633. The number of rotatable bonds is 7. The van der Waals surface area contributed by atoms with E-state index in [4.69, 9.17) is 4.74 Å². The fourth-order valence-corrected chi connectivity index (χ4v) is 2.65. The normalized spacial score (nSPS) is 13.9. The molecule has 0 saturated carbocycles. The highest BCUT2D eigenvalue weighted by Crippen LogP contribution is 2.25. The first-order chi connectivity index (χ1) is 8.83. The summed E-state index contributed by atoms with van der Waals surface area (Å²) in [4.78, 5) is 0. The van der Waals surface area contributed by atoms with E-state index >= 15 is 0 Å². The van der Waals surface area contributed by atoms with Gasteiger partial charge in [0.15, 0.2) is 0 Å². The molecule has 1 aliphatic carbocycles. The van der Waals surface area contributed by atoms with E-state index in [1.807, 2.05) is 0 Å². The zero-order valence-corrected chi connectivity index (χ0v) is 11.7. The van der Waals surface area contributed by atoms with Crippen LogP contribution in [0.15, 0.2) is 18.2 Å². The predicted molar refractivity (Wildman–Crippen MR) is 76.3 cm³/mol. The van der Waals surface area contributed by atoms with Crippen molar-refractivity contribution >= 4 is 0 Å². The molecule has 1 aliphatic rings. The molecule has 0 heterocycles. The largest absolute Gasteiger partial charge is 0.492 e. The number of aryl methyl sites for hydroxylation is 2. The highest BCUT2D eigenvalue weighted by atomic mass is 16.5. The molecular formula is C16H25NO. The van der Waals surface area contributed by atoms with Gasteiger partial charge >= 0.3 is 0 Å². The number of fused-ring (bicyclic) bond motifs is 1. The Labute approximate surface area is 111 Å². The summed E-state index contributed by atoms with van der Waals surface area (Å²) in [6, 6.07) is 7.20. The van der Waals surface area contributed by atoms with Gasteiger partial charge in [-0.1, -0.05) is 19.9 Å². The zero-order valence-electron chi connectivity index (χ0n) is 11.7. The molecule has 0 radical (unpaired) electrons. The second-order valence-corrected chi connectivity index (χ2v) is 5.10. The molecule has 0 bridgehead atoms. The summed E-state index contributed by atoms with van der Waals surface area (Å²) in [6.45, 7) is 6.14. The van der Waals surface area contributed by atoms with Crippen LogP contribution in [0.2, 0.25) is 0 Å². The van der Waals surface area contributed by atoms with E-state index < -0.39 is 0 Å². The van der Waals surface area contributed by atoms with Crippen molar-refractivity contribution in [3.63, 3.8) is 0 Å². The van der Waals surface area contributed by atoms with Crippen molar-refractivity contribution in [2.75, 3.05) is 13.2 Å². The molecular weight excluding hydrogens is 222 g/mol. The smallest absolute Gasteiger partial charge is 0.119 e. The number of ether oxygens (including phenoxy) is 1. The third-order valence-corrected chi connectivity index (χ3v) is 3.86. The minimum absolute atomic E-state index is 0.633. The second-order valence-electron chi connectivity index (χ2n) is 5.10. The molecule has 0 unspecified atom stereocenters. The van der Waals surface area contributed by atoms with Gasteiger partial charge in [-0.2, -0.15) is 0 Å². The van der Waals surface area contributed by atoms with E-state index in [9.17, 15) is 0 Å². The van der Waals surface area contributed by atoms with Crippen LogP contribution in [0.3, 0.4) is 0 Å². The first-order valence-electron chi connectivity index (χ1n) is 7.31. The van der Waals surface area contributed by atoms with Gasteiger partial charge in [0.25, 0.3) is 0 Å². The van der Waals surface area contributed by atoms with E-state index in [1.54, 1.807) is 0 Å². The first kappa shape index (κ1) is 13.4. The molecule has 18 heavy (non-hydrogen) atoms. The van der Waals surface area contributed by atoms with Crippen molar-refractivity contribution in [1.82, 2.24) is 5.32 Å². The maximum absolute atomic E-state index is 5.81. The summed E-state index contributed by atoms with van der Waals surface area (Å²) < 4.78 is 5.81. The van der Waals surface area contributed by atoms with E-state index in [1.165, 1.54) is 43.2 Å². The Balaban J connectivity index is 1.74. The van der Waals surface area contributed by atoms with Gasteiger partial charge in [-0.15, -0.1) is 0 Å². The number of hydrogen-bond donors (Lipinski definition) is 1. The van der Waals surface area contributed by atoms with Gasteiger partial charge in [-0.25, -0.2) is 0 Å². The maximum atomic E-state index is 5.81. The SMILES string of the molecule is CCC(CC)NCCOc1ccc2c(c1)CCC2. The highest BCUT2D eigenvalue weighted by molar-refractivity contribution is 5.38. The van der Waals surface area contributed by atoms with E-state index in [0.29, 0.717) is 6.04 Å². The van der Waals surface area contributed by atoms with Crippen molar-refractivity contribution in [3.8, 4) is 5.75 Å². The van der Waals surface area contributed by atoms with Crippen LogP contribution in [-0.4, -0.2) is 19.2 Å². The molecule has 0 aromatic heterocycles. The van der Waals surface area contributed by atoms with Gasteiger partial charge in [0, 0.05) is 12.6 Å². The summed E-state index contributed by atoms with van der Waals surface area (Å²) in [7, 11) is 0. The summed E-state index contributed by atoms with van der Waals surface area (Å²) >= 11 is 0. The number of nitrogens with one attached hydrogen (secondary N) is 1. The van der Waals surface area contributed by atoms with Crippen LogP contribution in [-0.2, 0) is 12.8 Å². The monoisotopic (exact) mass is 247 g/mol. The molecule has 0 atom stereocenters. The lowest BCUT2D eigenvalue weighted by Gasteiger charge is -2.15. The Morgan fingerprint density at radius 2 is 1.94 bits per heavy atom. The zero-order chi connectivity index (χ0) is 12.8. The van der Waals surface area contributed by atoms with Crippen LogP contribution in [0.4, 0.5) is 0 Å². The van der Waals surface area contributed by atoms with Gasteiger partial charge in [0.2, 0.25) is 0 Å². The highest BCUT2D eigenvalue weighted by Gasteiger charge is 2.11. The van der Waals surface area contributed by atoms with Crippen molar-refractivity contribution in [1.29, 1.82) is 0 Å². The molecule has 0 spiro atoms. The summed E-state index contributed by atoms with van der Waals surface area (Å²) in [5.41, 5.74) is 3.00. The number of hydrogen-bond acceptors (Lipinski definition) is 2. The van der Waals surface area contributed by atoms with Gasteiger partial charge < -0.3 is 10.1 Å². The average Bonchev–Trinajstić information content (AvgIpc) is 2.86. The lowest BCUT2D eigenvalue weighted by atomic mass is 10.1. The third-order valence-electron chi connectivity index (χ3n) is 3.86. The molecule has 1 aromatic carbocycles. The van der Waals surface area contributed by atoms with Gasteiger partial charge in [-0.05, 0) is 55.4 Å². The Morgan fingerprint density at radius 3 is 2.72 bits per heavy atom. The van der Waals surface area contributed by atoms with Crippen LogP contribution in [0.1, 0.15) is 44.2 Å². The van der Waals surface area contributed by atoms with Crippen molar-refractivity contribution in [2.45, 2.75) is 52.0 Å². The van der Waals surface area contributed by atoms with Crippen molar-refractivity contribution in [3.05, 3.63) is 29.3 Å². The second kappa shape index (κ2) is 6.79. The molecule has 0 amide bonds. The van der Waals surface area contributed by atoms with Crippen LogP contribution in [0.5, 0.6) is 5.75 Å². The molecule has 0 saturated heterocycles. The van der Waals surface area contributed by atoms with Crippen molar-refractivity contribution < 1.29 is 4.74 Å². The maximum Gasteiger partial charge on any atom is 0.119 e. The third kappa shape index (κ3) is 3.49. The molecule has 2 heteroatoms.